The number of sulfonamides is 1. The van der Waals surface area contributed by atoms with Crippen molar-refractivity contribution in [2.45, 2.75) is 13.8 Å². The summed E-state index contributed by atoms with van der Waals surface area (Å²) >= 11 is 5.84. The third-order valence-corrected chi connectivity index (χ3v) is 4.94. The summed E-state index contributed by atoms with van der Waals surface area (Å²) in [7, 11) is -1.27. The summed E-state index contributed by atoms with van der Waals surface area (Å²) in [6, 6.07) is 7.20. The SMILES string of the molecule is CCNC(=NCCNS(=O)(=O)CC)N(C)CCOc1ccc(Cl)cc1.I. The van der Waals surface area contributed by atoms with Crippen molar-refractivity contribution >= 4 is 51.6 Å². The molecule has 1 aromatic carbocycles. The maximum atomic E-state index is 11.4. The highest BCUT2D eigenvalue weighted by atomic mass is 127. The van der Waals surface area contributed by atoms with Gasteiger partial charge in [-0.2, -0.15) is 0 Å². The molecule has 0 fully saturated rings. The molecule has 0 saturated carbocycles. The number of rotatable bonds is 10. The van der Waals surface area contributed by atoms with Gasteiger partial charge in [0.15, 0.2) is 5.96 Å². The Morgan fingerprint density at radius 1 is 1.27 bits per heavy atom. The van der Waals surface area contributed by atoms with Crippen molar-refractivity contribution < 1.29 is 13.2 Å². The van der Waals surface area contributed by atoms with Crippen LogP contribution >= 0.6 is 35.6 Å². The van der Waals surface area contributed by atoms with Gasteiger partial charge in [0.25, 0.3) is 0 Å². The van der Waals surface area contributed by atoms with Crippen LogP contribution in [0.5, 0.6) is 5.75 Å². The molecule has 0 aliphatic rings. The predicted molar refractivity (Wildman–Crippen MR) is 118 cm³/mol. The Labute approximate surface area is 178 Å². The summed E-state index contributed by atoms with van der Waals surface area (Å²) in [5.41, 5.74) is 0. The normalized spacial score (nSPS) is 11.6. The molecule has 0 heterocycles. The lowest BCUT2D eigenvalue weighted by Crippen LogP contribution is -2.41. The molecule has 1 aromatic rings. The number of guanidine groups is 1. The topological polar surface area (TPSA) is 83.0 Å². The first kappa shape index (κ1) is 25.2. The van der Waals surface area contributed by atoms with Crippen molar-refractivity contribution in [3.05, 3.63) is 29.3 Å². The number of nitrogens with zero attached hydrogens (tertiary/aromatic N) is 2. The first-order chi connectivity index (χ1) is 11.9. The Bertz CT molecular complexity index is 641. The van der Waals surface area contributed by atoms with Crippen LogP contribution < -0.4 is 14.8 Å². The summed E-state index contributed by atoms with van der Waals surface area (Å²) < 4.78 is 30.9. The largest absolute Gasteiger partial charge is 0.492 e. The quantitative estimate of drug-likeness (QED) is 0.215. The van der Waals surface area contributed by atoms with Gasteiger partial charge < -0.3 is 15.0 Å². The zero-order chi connectivity index (χ0) is 18.7. The van der Waals surface area contributed by atoms with E-state index in [-0.39, 0.29) is 36.3 Å². The second kappa shape index (κ2) is 13.4. The predicted octanol–water partition coefficient (Wildman–Crippen LogP) is 2.17. The average Bonchev–Trinajstić information content (AvgIpc) is 2.59. The maximum Gasteiger partial charge on any atom is 0.211 e. The van der Waals surface area contributed by atoms with Crippen LogP contribution in [0.2, 0.25) is 5.02 Å². The second-order valence-electron chi connectivity index (χ2n) is 5.26. The molecule has 1 rings (SSSR count). The van der Waals surface area contributed by atoms with Crippen LogP contribution in [-0.4, -0.2) is 64.9 Å². The molecule has 0 unspecified atom stereocenters. The molecule has 0 aliphatic carbocycles. The second-order valence-corrected chi connectivity index (χ2v) is 7.79. The van der Waals surface area contributed by atoms with Gasteiger partial charge in [0.05, 0.1) is 18.8 Å². The highest BCUT2D eigenvalue weighted by Gasteiger charge is 2.07. The number of nitrogens with one attached hydrogen (secondary N) is 2. The zero-order valence-electron chi connectivity index (χ0n) is 15.4. The molecule has 0 bridgehead atoms. The fraction of sp³-hybridized carbons (Fsp3) is 0.562. The van der Waals surface area contributed by atoms with E-state index < -0.39 is 10.0 Å². The number of hydrogen-bond acceptors (Lipinski definition) is 4. The van der Waals surface area contributed by atoms with E-state index in [4.69, 9.17) is 16.3 Å². The molecule has 0 aliphatic heterocycles. The zero-order valence-corrected chi connectivity index (χ0v) is 19.3. The number of halogens is 2. The van der Waals surface area contributed by atoms with Crippen molar-refractivity contribution in [3.63, 3.8) is 0 Å². The van der Waals surface area contributed by atoms with Crippen molar-refractivity contribution in [2.75, 3.05) is 45.6 Å². The van der Waals surface area contributed by atoms with Crippen LogP contribution in [0.3, 0.4) is 0 Å². The standard InChI is InChI=1S/C16H27ClN4O3S.HI/c1-4-18-16(19-10-11-20-25(22,23)5-2)21(3)12-13-24-15-8-6-14(17)7-9-15;/h6-9,20H,4-5,10-13H2,1-3H3,(H,18,19);1H. The van der Waals surface area contributed by atoms with Crippen molar-refractivity contribution in [1.82, 2.24) is 14.9 Å². The van der Waals surface area contributed by atoms with Gasteiger partial charge >= 0.3 is 0 Å². The van der Waals surface area contributed by atoms with Gasteiger partial charge in [-0.05, 0) is 38.1 Å². The Balaban J connectivity index is 0.00000625. The third kappa shape index (κ3) is 10.4. The molecule has 0 saturated heterocycles. The monoisotopic (exact) mass is 518 g/mol. The van der Waals surface area contributed by atoms with Crippen LogP contribution in [0.15, 0.2) is 29.3 Å². The van der Waals surface area contributed by atoms with Gasteiger partial charge in [-0.25, -0.2) is 13.1 Å². The van der Waals surface area contributed by atoms with Gasteiger partial charge in [0.1, 0.15) is 12.4 Å². The molecular formula is C16H28ClIN4O3S. The molecule has 0 atom stereocenters. The van der Waals surface area contributed by atoms with Crippen LogP contribution in [-0.2, 0) is 10.0 Å². The minimum Gasteiger partial charge on any atom is -0.492 e. The first-order valence-electron chi connectivity index (χ1n) is 8.23. The lowest BCUT2D eigenvalue weighted by Gasteiger charge is -2.22. The molecule has 10 heteroatoms. The molecule has 0 amide bonds. The Hall–Kier alpha value is -0.780. The van der Waals surface area contributed by atoms with Crippen LogP contribution in [0.4, 0.5) is 0 Å². The number of ether oxygens (including phenoxy) is 1. The van der Waals surface area contributed by atoms with Crippen LogP contribution in [0, 0.1) is 0 Å². The fourth-order valence-corrected chi connectivity index (χ4v) is 2.60. The van der Waals surface area contributed by atoms with Crippen LogP contribution in [0.25, 0.3) is 0 Å². The molecule has 0 radical (unpaired) electrons. The lowest BCUT2D eigenvalue weighted by atomic mass is 10.3. The number of benzene rings is 1. The summed E-state index contributed by atoms with van der Waals surface area (Å²) in [6.07, 6.45) is 0. The van der Waals surface area contributed by atoms with Crippen molar-refractivity contribution in [3.8, 4) is 5.75 Å². The number of likely N-dealkylation sites (N-methyl/N-ethyl adjacent to an activating group) is 1. The molecule has 0 aromatic heterocycles. The van der Waals surface area contributed by atoms with E-state index in [2.05, 4.69) is 15.0 Å². The van der Waals surface area contributed by atoms with Gasteiger partial charge in [-0.1, -0.05) is 11.6 Å². The van der Waals surface area contributed by atoms with E-state index in [0.29, 0.717) is 30.7 Å². The number of hydrogen-bond donors (Lipinski definition) is 2. The van der Waals surface area contributed by atoms with Crippen molar-refractivity contribution in [1.29, 1.82) is 0 Å². The lowest BCUT2D eigenvalue weighted by molar-refractivity contribution is 0.281. The van der Waals surface area contributed by atoms with Crippen LogP contribution in [0.1, 0.15) is 13.8 Å². The molecule has 7 nitrogen and oxygen atoms in total. The van der Waals surface area contributed by atoms with E-state index in [0.717, 1.165) is 12.3 Å². The minimum atomic E-state index is -3.18. The van der Waals surface area contributed by atoms with Gasteiger partial charge in [-0.3, -0.25) is 4.99 Å². The van der Waals surface area contributed by atoms with E-state index in [1.165, 1.54) is 0 Å². The van der Waals surface area contributed by atoms with E-state index in [9.17, 15) is 8.42 Å². The molecule has 2 N–H and O–H groups in total. The van der Waals surface area contributed by atoms with Crippen molar-refractivity contribution in [2.24, 2.45) is 4.99 Å². The average molecular weight is 519 g/mol. The Kier molecular flexibility index (Phi) is 13.0. The van der Waals surface area contributed by atoms with Gasteiger partial charge in [-0.15, -0.1) is 24.0 Å². The maximum absolute atomic E-state index is 11.4. The number of aliphatic imine (C=N–C) groups is 1. The highest BCUT2D eigenvalue weighted by Crippen LogP contribution is 2.15. The van der Waals surface area contributed by atoms with E-state index in [1.54, 1.807) is 19.1 Å². The van der Waals surface area contributed by atoms with Gasteiger partial charge in [0.2, 0.25) is 10.0 Å². The molecule has 150 valence electrons. The summed E-state index contributed by atoms with van der Waals surface area (Å²) in [5, 5.41) is 3.85. The minimum absolute atomic E-state index is 0. The fourth-order valence-electron chi connectivity index (χ4n) is 1.87. The Morgan fingerprint density at radius 3 is 2.50 bits per heavy atom. The van der Waals surface area contributed by atoms with Gasteiger partial charge in [0, 0.05) is 25.2 Å². The third-order valence-electron chi connectivity index (χ3n) is 3.28. The summed E-state index contributed by atoms with van der Waals surface area (Å²) in [5.74, 6) is 1.53. The highest BCUT2D eigenvalue weighted by molar-refractivity contribution is 14.0. The summed E-state index contributed by atoms with van der Waals surface area (Å²) in [4.78, 5) is 6.36. The molecule has 26 heavy (non-hydrogen) atoms. The van der Waals surface area contributed by atoms with E-state index in [1.807, 2.05) is 31.0 Å². The first-order valence-corrected chi connectivity index (χ1v) is 10.3. The van der Waals surface area contributed by atoms with E-state index >= 15 is 0 Å². The Morgan fingerprint density at radius 2 is 1.92 bits per heavy atom. The smallest absolute Gasteiger partial charge is 0.211 e. The molecule has 0 spiro atoms. The molecular weight excluding hydrogens is 491 g/mol. The summed E-state index contributed by atoms with van der Waals surface area (Å²) in [6.45, 7) is 6.07.